The minimum Gasteiger partial charge on any atom is -0.381 e. The summed E-state index contributed by atoms with van der Waals surface area (Å²) >= 11 is 0. The molecule has 0 aliphatic heterocycles. The molecule has 0 radical (unpaired) electrons. The van der Waals surface area contributed by atoms with Crippen molar-refractivity contribution in [3.8, 4) is 0 Å². The van der Waals surface area contributed by atoms with E-state index in [1.54, 1.807) is 14.0 Å². The van der Waals surface area contributed by atoms with Crippen molar-refractivity contribution in [1.82, 2.24) is 14.3 Å². The van der Waals surface area contributed by atoms with Crippen LogP contribution in [0.5, 0.6) is 0 Å². The standard InChI is InChI=1S/C9H18N4O3S/c1-4-16-5-7(2)12-17(14,15)9-8(10)11-6-13(9)3/h6-7,12H,4-5,10H2,1-3H3. The van der Waals surface area contributed by atoms with Gasteiger partial charge in [0, 0.05) is 19.7 Å². The van der Waals surface area contributed by atoms with Crippen LogP contribution in [0.4, 0.5) is 5.82 Å². The number of aryl methyl sites for hydroxylation is 1. The molecule has 1 unspecified atom stereocenters. The van der Waals surface area contributed by atoms with Gasteiger partial charge in [-0.3, -0.25) is 0 Å². The highest BCUT2D eigenvalue weighted by Crippen LogP contribution is 2.15. The van der Waals surface area contributed by atoms with E-state index in [2.05, 4.69) is 9.71 Å². The van der Waals surface area contributed by atoms with Gasteiger partial charge >= 0.3 is 0 Å². The fourth-order valence-corrected chi connectivity index (χ4v) is 2.88. The van der Waals surface area contributed by atoms with Crippen molar-refractivity contribution < 1.29 is 13.2 Å². The summed E-state index contributed by atoms with van der Waals surface area (Å²) in [5.41, 5.74) is 5.52. The number of nitrogens with zero attached hydrogens (tertiary/aromatic N) is 2. The van der Waals surface area contributed by atoms with Crippen LogP contribution in [-0.2, 0) is 21.8 Å². The average molecular weight is 262 g/mol. The van der Waals surface area contributed by atoms with E-state index >= 15 is 0 Å². The number of nitrogen functional groups attached to an aromatic ring is 1. The summed E-state index contributed by atoms with van der Waals surface area (Å²) in [5.74, 6) is -0.0105. The van der Waals surface area contributed by atoms with Gasteiger partial charge in [-0.05, 0) is 13.8 Å². The molecule has 0 bridgehead atoms. The van der Waals surface area contributed by atoms with Crippen LogP contribution in [0.25, 0.3) is 0 Å². The van der Waals surface area contributed by atoms with Crippen molar-refractivity contribution >= 4 is 15.8 Å². The molecule has 3 N–H and O–H groups in total. The lowest BCUT2D eigenvalue weighted by molar-refractivity contribution is 0.133. The summed E-state index contributed by atoms with van der Waals surface area (Å²) in [5, 5.41) is -0.0270. The Morgan fingerprint density at radius 3 is 2.76 bits per heavy atom. The second kappa shape index (κ2) is 5.48. The van der Waals surface area contributed by atoms with E-state index in [0.717, 1.165) is 0 Å². The van der Waals surface area contributed by atoms with Crippen LogP contribution >= 0.6 is 0 Å². The van der Waals surface area contributed by atoms with Crippen molar-refractivity contribution in [2.24, 2.45) is 7.05 Å². The summed E-state index contributed by atoms with van der Waals surface area (Å²) in [7, 11) is -2.09. The fourth-order valence-electron chi connectivity index (χ4n) is 1.41. The smallest absolute Gasteiger partial charge is 0.260 e. The molecule has 8 heteroatoms. The molecule has 0 saturated carbocycles. The Labute approximate surface area is 101 Å². The lowest BCUT2D eigenvalue weighted by atomic mass is 10.4. The van der Waals surface area contributed by atoms with Gasteiger partial charge < -0.3 is 15.0 Å². The SMILES string of the molecule is CCOCC(C)NS(=O)(=O)c1c(N)ncn1C. The number of nitrogens with two attached hydrogens (primary N) is 1. The summed E-state index contributed by atoms with van der Waals surface area (Å²) in [4.78, 5) is 3.74. The van der Waals surface area contributed by atoms with Crippen molar-refractivity contribution in [2.45, 2.75) is 24.9 Å². The largest absolute Gasteiger partial charge is 0.381 e. The highest BCUT2D eigenvalue weighted by atomic mass is 32.2. The number of aromatic nitrogens is 2. The van der Waals surface area contributed by atoms with Crippen LogP contribution in [0.3, 0.4) is 0 Å². The molecule has 17 heavy (non-hydrogen) atoms. The normalized spacial score (nSPS) is 13.8. The van der Waals surface area contributed by atoms with Crippen LogP contribution in [0.2, 0.25) is 0 Å². The van der Waals surface area contributed by atoms with E-state index in [1.807, 2.05) is 6.92 Å². The minimum absolute atomic E-state index is 0.0105. The first-order chi connectivity index (χ1) is 7.88. The Kier molecular flexibility index (Phi) is 4.49. The van der Waals surface area contributed by atoms with Gasteiger partial charge in [0.2, 0.25) is 0 Å². The molecule has 1 atom stereocenters. The molecule has 0 aliphatic carbocycles. The molecular weight excluding hydrogens is 244 g/mol. The number of imidazole rings is 1. The molecule has 0 aromatic carbocycles. The average Bonchev–Trinajstić information content (AvgIpc) is 2.55. The molecule has 1 aromatic heterocycles. The van der Waals surface area contributed by atoms with E-state index in [9.17, 15) is 8.42 Å². The zero-order chi connectivity index (χ0) is 13.1. The summed E-state index contributed by atoms with van der Waals surface area (Å²) < 4.78 is 33.0. The predicted molar refractivity (Wildman–Crippen MR) is 63.9 cm³/mol. The highest BCUT2D eigenvalue weighted by Gasteiger charge is 2.24. The number of hydrogen-bond donors (Lipinski definition) is 2. The number of hydrogen-bond acceptors (Lipinski definition) is 5. The number of nitrogens with one attached hydrogen (secondary N) is 1. The van der Waals surface area contributed by atoms with Gasteiger partial charge in [-0.25, -0.2) is 18.1 Å². The van der Waals surface area contributed by atoms with Gasteiger partial charge in [-0.15, -0.1) is 0 Å². The minimum atomic E-state index is -3.66. The zero-order valence-electron chi connectivity index (χ0n) is 10.2. The van der Waals surface area contributed by atoms with Crippen molar-refractivity contribution in [2.75, 3.05) is 18.9 Å². The maximum atomic E-state index is 12.0. The highest BCUT2D eigenvalue weighted by molar-refractivity contribution is 7.89. The Hall–Kier alpha value is -1.12. The number of anilines is 1. The van der Waals surface area contributed by atoms with Crippen LogP contribution in [0, 0.1) is 0 Å². The van der Waals surface area contributed by atoms with Crippen molar-refractivity contribution in [3.05, 3.63) is 6.33 Å². The Morgan fingerprint density at radius 2 is 2.29 bits per heavy atom. The molecular formula is C9H18N4O3S. The molecule has 0 spiro atoms. The van der Waals surface area contributed by atoms with E-state index in [4.69, 9.17) is 10.5 Å². The first-order valence-electron chi connectivity index (χ1n) is 5.25. The maximum absolute atomic E-state index is 12.0. The Balaban J connectivity index is 2.83. The van der Waals surface area contributed by atoms with Gasteiger partial charge in [0.1, 0.15) is 0 Å². The number of sulfonamides is 1. The molecule has 98 valence electrons. The van der Waals surface area contributed by atoms with E-state index in [-0.39, 0.29) is 16.9 Å². The second-order valence-corrected chi connectivity index (χ2v) is 5.36. The number of rotatable bonds is 6. The van der Waals surface area contributed by atoms with Gasteiger partial charge in [-0.2, -0.15) is 0 Å². The van der Waals surface area contributed by atoms with Crippen molar-refractivity contribution in [1.29, 1.82) is 0 Å². The van der Waals surface area contributed by atoms with Gasteiger partial charge in [0.25, 0.3) is 10.0 Å². The molecule has 0 saturated heterocycles. The van der Waals surface area contributed by atoms with Crippen LogP contribution in [0.15, 0.2) is 11.4 Å². The summed E-state index contributed by atoms with van der Waals surface area (Å²) in [6.45, 7) is 4.42. The Morgan fingerprint density at radius 1 is 1.65 bits per heavy atom. The topological polar surface area (TPSA) is 99.2 Å². The first-order valence-corrected chi connectivity index (χ1v) is 6.73. The van der Waals surface area contributed by atoms with Gasteiger partial charge in [-0.1, -0.05) is 0 Å². The maximum Gasteiger partial charge on any atom is 0.260 e. The molecule has 1 aromatic rings. The van der Waals surface area contributed by atoms with Crippen LogP contribution in [0.1, 0.15) is 13.8 Å². The molecule has 1 rings (SSSR count). The Bertz CT molecular complexity index is 449. The zero-order valence-corrected chi connectivity index (χ0v) is 11.0. The van der Waals surface area contributed by atoms with Gasteiger partial charge in [0.05, 0.1) is 12.9 Å². The molecule has 0 amide bonds. The van der Waals surface area contributed by atoms with Crippen LogP contribution < -0.4 is 10.5 Å². The fraction of sp³-hybridized carbons (Fsp3) is 0.667. The molecule has 0 aliphatic rings. The molecule has 7 nitrogen and oxygen atoms in total. The van der Waals surface area contributed by atoms with Crippen LogP contribution in [-0.4, -0.2) is 37.2 Å². The second-order valence-electron chi connectivity index (χ2n) is 3.73. The molecule has 1 heterocycles. The third kappa shape index (κ3) is 3.42. The quantitative estimate of drug-likeness (QED) is 0.733. The molecule has 0 fully saturated rings. The summed E-state index contributed by atoms with van der Waals surface area (Å²) in [6.07, 6.45) is 1.36. The monoisotopic (exact) mass is 262 g/mol. The van der Waals surface area contributed by atoms with Gasteiger partial charge in [0.15, 0.2) is 10.8 Å². The summed E-state index contributed by atoms with van der Waals surface area (Å²) in [6, 6.07) is -0.325. The van der Waals surface area contributed by atoms with Crippen molar-refractivity contribution in [3.63, 3.8) is 0 Å². The lowest BCUT2D eigenvalue weighted by Gasteiger charge is -2.14. The third-order valence-electron chi connectivity index (χ3n) is 2.09. The van der Waals surface area contributed by atoms with E-state index < -0.39 is 10.0 Å². The van der Waals surface area contributed by atoms with E-state index in [1.165, 1.54) is 10.9 Å². The lowest BCUT2D eigenvalue weighted by Crippen LogP contribution is -2.37. The van der Waals surface area contributed by atoms with E-state index in [0.29, 0.717) is 13.2 Å². The third-order valence-corrected chi connectivity index (χ3v) is 3.81. The first kappa shape index (κ1) is 13.9. The number of ether oxygens (including phenoxy) is 1. The predicted octanol–water partition coefficient (Wildman–Crippen LogP) is -0.294.